The van der Waals surface area contributed by atoms with E-state index in [2.05, 4.69) is 16.5 Å². The van der Waals surface area contributed by atoms with Gasteiger partial charge in [0.25, 0.3) is 0 Å². The summed E-state index contributed by atoms with van der Waals surface area (Å²) in [5.74, 6) is 0.398. The molecule has 1 aliphatic heterocycles. The van der Waals surface area contributed by atoms with Crippen molar-refractivity contribution in [3.05, 3.63) is 17.5 Å². The second kappa shape index (κ2) is 3.71. The lowest BCUT2D eigenvalue weighted by molar-refractivity contribution is 0.235. The van der Waals surface area contributed by atoms with Crippen LogP contribution in [0.2, 0.25) is 0 Å². The van der Waals surface area contributed by atoms with E-state index in [0.717, 1.165) is 18.7 Å². The third-order valence-electron chi connectivity index (χ3n) is 2.88. The average molecular weight is 195 g/mol. The fraction of sp³-hybridized carbons (Fsp3) is 0.700. The van der Waals surface area contributed by atoms with E-state index in [-0.39, 0.29) is 6.61 Å². The first-order valence-electron chi connectivity index (χ1n) is 5.05. The Bertz CT molecular complexity index is 321. The molecule has 0 aliphatic carbocycles. The Morgan fingerprint density at radius 1 is 1.71 bits per heavy atom. The van der Waals surface area contributed by atoms with Gasteiger partial charge in [-0.15, -0.1) is 0 Å². The van der Waals surface area contributed by atoms with Crippen molar-refractivity contribution in [1.29, 1.82) is 0 Å². The van der Waals surface area contributed by atoms with E-state index in [1.807, 2.05) is 18.7 Å². The smallest absolute Gasteiger partial charge is 0.0597 e. The van der Waals surface area contributed by atoms with E-state index in [0.29, 0.717) is 12.0 Å². The number of rotatable bonds is 2. The van der Waals surface area contributed by atoms with Gasteiger partial charge in [0.05, 0.1) is 11.4 Å². The highest BCUT2D eigenvalue weighted by Crippen LogP contribution is 2.26. The van der Waals surface area contributed by atoms with Crippen LogP contribution in [0.25, 0.3) is 0 Å². The molecule has 78 valence electrons. The second-order valence-electron chi connectivity index (χ2n) is 4.08. The third kappa shape index (κ3) is 1.67. The zero-order chi connectivity index (χ0) is 10.1. The van der Waals surface area contributed by atoms with Gasteiger partial charge in [0.15, 0.2) is 0 Å². The Hall–Kier alpha value is -0.870. The van der Waals surface area contributed by atoms with Crippen molar-refractivity contribution in [3.63, 3.8) is 0 Å². The number of nitrogens with zero attached hydrogens (tertiary/aromatic N) is 2. The summed E-state index contributed by atoms with van der Waals surface area (Å²) >= 11 is 0. The molecule has 2 atom stereocenters. The molecule has 1 fully saturated rings. The molecular weight excluding hydrogens is 178 g/mol. The Balaban J connectivity index is 2.13. The minimum atomic E-state index is 0.278. The third-order valence-corrected chi connectivity index (χ3v) is 2.88. The molecular formula is C10H17N3O. The van der Waals surface area contributed by atoms with Crippen molar-refractivity contribution < 1.29 is 5.11 Å². The van der Waals surface area contributed by atoms with Gasteiger partial charge in [-0.25, -0.2) is 0 Å². The topological polar surface area (TPSA) is 50.1 Å². The standard InChI is InChI=1S/C10H17N3O/c1-7-3-10(13(2)12-7)9-4-8(6-14)5-11-9/h3,8-9,11,14H,4-6H2,1-2H3. The summed E-state index contributed by atoms with van der Waals surface area (Å²) in [6.45, 7) is 3.19. The number of hydrogen-bond donors (Lipinski definition) is 2. The molecule has 2 N–H and O–H groups in total. The van der Waals surface area contributed by atoms with Gasteiger partial charge in [0.1, 0.15) is 0 Å². The molecule has 0 spiro atoms. The van der Waals surface area contributed by atoms with E-state index in [4.69, 9.17) is 5.11 Å². The molecule has 1 aromatic rings. The molecule has 2 unspecified atom stereocenters. The molecule has 2 rings (SSSR count). The average Bonchev–Trinajstić information content (AvgIpc) is 2.71. The van der Waals surface area contributed by atoms with E-state index < -0.39 is 0 Å². The first kappa shape index (κ1) is 9.68. The van der Waals surface area contributed by atoms with E-state index in [1.165, 1.54) is 5.69 Å². The van der Waals surface area contributed by atoms with Crippen LogP contribution >= 0.6 is 0 Å². The predicted molar refractivity (Wildman–Crippen MR) is 53.9 cm³/mol. The van der Waals surface area contributed by atoms with Crippen molar-refractivity contribution >= 4 is 0 Å². The summed E-state index contributed by atoms with van der Waals surface area (Å²) in [6.07, 6.45) is 1.01. The SMILES string of the molecule is Cc1cc(C2CC(CO)CN2)n(C)n1. The highest BCUT2D eigenvalue weighted by atomic mass is 16.3. The van der Waals surface area contributed by atoms with Crippen molar-refractivity contribution in [2.75, 3.05) is 13.2 Å². The molecule has 0 aromatic carbocycles. The normalized spacial score (nSPS) is 27.1. The van der Waals surface area contributed by atoms with Gasteiger partial charge < -0.3 is 10.4 Å². The molecule has 4 nitrogen and oxygen atoms in total. The number of aromatic nitrogens is 2. The highest BCUT2D eigenvalue weighted by Gasteiger charge is 2.26. The minimum absolute atomic E-state index is 0.278. The van der Waals surface area contributed by atoms with Crippen LogP contribution < -0.4 is 5.32 Å². The molecule has 0 bridgehead atoms. The van der Waals surface area contributed by atoms with Crippen LogP contribution in [-0.4, -0.2) is 28.0 Å². The molecule has 0 amide bonds. The quantitative estimate of drug-likeness (QED) is 0.717. The van der Waals surface area contributed by atoms with Crippen molar-refractivity contribution in [2.24, 2.45) is 13.0 Å². The Morgan fingerprint density at radius 2 is 2.50 bits per heavy atom. The van der Waals surface area contributed by atoms with Gasteiger partial charge in [-0.3, -0.25) is 4.68 Å². The second-order valence-corrected chi connectivity index (χ2v) is 4.08. The largest absolute Gasteiger partial charge is 0.396 e. The Morgan fingerprint density at radius 3 is 3.00 bits per heavy atom. The monoisotopic (exact) mass is 195 g/mol. The van der Waals surface area contributed by atoms with Crippen LogP contribution in [0.4, 0.5) is 0 Å². The predicted octanol–water partition coefficient (Wildman–Crippen LogP) is 0.371. The van der Waals surface area contributed by atoms with Gasteiger partial charge in [-0.2, -0.15) is 5.10 Å². The molecule has 2 heterocycles. The van der Waals surface area contributed by atoms with E-state index in [9.17, 15) is 0 Å². The van der Waals surface area contributed by atoms with Gasteiger partial charge >= 0.3 is 0 Å². The van der Waals surface area contributed by atoms with E-state index in [1.54, 1.807) is 0 Å². The van der Waals surface area contributed by atoms with E-state index >= 15 is 0 Å². The Kier molecular flexibility index (Phi) is 2.56. The summed E-state index contributed by atoms with van der Waals surface area (Å²) in [6, 6.07) is 2.47. The molecule has 0 saturated carbocycles. The van der Waals surface area contributed by atoms with Crippen molar-refractivity contribution in [3.8, 4) is 0 Å². The number of aliphatic hydroxyl groups excluding tert-OH is 1. The van der Waals surface area contributed by atoms with Gasteiger partial charge in [-0.05, 0) is 25.3 Å². The van der Waals surface area contributed by atoms with Crippen LogP contribution in [0.15, 0.2) is 6.07 Å². The number of nitrogens with one attached hydrogen (secondary N) is 1. The van der Waals surface area contributed by atoms with Crippen molar-refractivity contribution in [2.45, 2.75) is 19.4 Å². The maximum Gasteiger partial charge on any atom is 0.0597 e. The zero-order valence-electron chi connectivity index (χ0n) is 8.70. The summed E-state index contributed by atoms with van der Waals surface area (Å²) in [5, 5.41) is 16.8. The maximum atomic E-state index is 9.04. The number of aliphatic hydroxyl groups is 1. The Labute approximate surface area is 83.9 Å². The highest BCUT2D eigenvalue weighted by molar-refractivity contribution is 5.14. The molecule has 4 heteroatoms. The summed E-state index contributed by atoms with van der Waals surface area (Å²) < 4.78 is 1.92. The molecule has 14 heavy (non-hydrogen) atoms. The number of aryl methyl sites for hydroxylation is 2. The van der Waals surface area contributed by atoms with Crippen LogP contribution in [0.3, 0.4) is 0 Å². The van der Waals surface area contributed by atoms with Gasteiger partial charge in [0, 0.05) is 26.2 Å². The van der Waals surface area contributed by atoms with Crippen LogP contribution in [-0.2, 0) is 7.05 Å². The molecule has 0 radical (unpaired) electrons. The molecule has 1 aliphatic rings. The number of hydrogen-bond acceptors (Lipinski definition) is 3. The minimum Gasteiger partial charge on any atom is -0.396 e. The first-order valence-corrected chi connectivity index (χ1v) is 5.05. The van der Waals surface area contributed by atoms with Crippen molar-refractivity contribution in [1.82, 2.24) is 15.1 Å². The fourth-order valence-electron chi connectivity index (χ4n) is 2.13. The summed E-state index contributed by atoms with van der Waals surface area (Å²) in [4.78, 5) is 0. The van der Waals surface area contributed by atoms with Crippen LogP contribution in [0.1, 0.15) is 23.9 Å². The van der Waals surface area contributed by atoms with Crippen LogP contribution in [0.5, 0.6) is 0 Å². The maximum absolute atomic E-state index is 9.04. The van der Waals surface area contributed by atoms with Crippen LogP contribution in [0, 0.1) is 12.8 Å². The lowest BCUT2D eigenvalue weighted by Crippen LogP contribution is -2.16. The zero-order valence-corrected chi connectivity index (χ0v) is 8.70. The van der Waals surface area contributed by atoms with Gasteiger partial charge in [-0.1, -0.05) is 0 Å². The summed E-state index contributed by atoms with van der Waals surface area (Å²) in [5.41, 5.74) is 2.27. The molecule has 1 saturated heterocycles. The summed E-state index contributed by atoms with van der Waals surface area (Å²) in [7, 11) is 1.97. The lowest BCUT2D eigenvalue weighted by atomic mass is 10.0. The first-order chi connectivity index (χ1) is 6.70. The lowest BCUT2D eigenvalue weighted by Gasteiger charge is -2.10. The van der Waals surface area contributed by atoms with Gasteiger partial charge in [0.2, 0.25) is 0 Å². The fourth-order valence-corrected chi connectivity index (χ4v) is 2.13. The molecule has 1 aromatic heterocycles.